The zero-order valence-electron chi connectivity index (χ0n) is 4.87. The van der Waals surface area contributed by atoms with Crippen molar-refractivity contribution in [1.82, 2.24) is 10.4 Å². The van der Waals surface area contributed by atoms with Gasteiger partial charge in [-0.2, -0.15) is 0 Å². The number of hydrogen-bond donors (Lipinski definition) is 2. The molecule has 0 amide bonds. The van der Waals surface area contributed by atoms with Gasteiger partial charge in [-0.15, -0.1) is 12.6 Å². The largest absolute Gasteiger partial charge is 0.294 e. The second-order valence-corrected chi connectivity index (χ2v) is 2.94. The normalized spacial score (nSPS) is 16.3. The van der Waals surface area contributed by atoms with Gasteiger partial charge in [-0.3, -0.25) is 10.4 Å². The van der Waals surface area contributed by atoms with E-state index in [1.54, 1.807) is 0 Å². The maximum Gasteiger partial charge on any atom is 0.149 e. The minimum atomic E-state index is 0.515. The Labute approximate surface area is 65.3 Å². The molecule has 0 unspecified atom stereocenters. The summed E-state index contributed by atoms with van der Waals surface area (Å²) in [5, 5.41) is 1.91. The zero-order valence-corrected chi connectivity index (χ0v) is 6.58. The van der Waals surface area contributed by atoms with Crippen LogP contribution in [-0.2, 0) is 0 Å². The van der Waals surface area contributed by atoms with Crippen LogP contribution in [0.25, 0.3) is 0 Å². The quantitative estimate of drug-likeness (QED) is 0.438. The van der Waals surface area contributed by atoms with Gasteiger partial charge in [0.25, 0.3) is 0 Å². The highest BCUT2D eigenvalue weighted by atomic mass is 32.1. The van der Waals surface area contributed by atoms with Gasteiger partial charge in [0, 0.05) is 12.7 Å². The molecule has 0 saturated carbocycles. The maximum absolute atomic E-state index is 4.71. The molecule has 0 atom stereocenters. The third-order valence-electron chi connectivity index (χ3n) is 1.06. The van der Waals surface area contributed by atoms with E-state index >= 15 is 0 Å². The highest BCUT2D eigenvalue weighted by molar-refractivity contribution is 8.11. The van der Waals surface area contributed by atoms with Crippen LogP contribution in [0.4, 0.5) is 0 Å². The van der Waals surface area contributed by atoms with Crippen LogP contribution in [0.1, 0.15) is 6.42 Å². The summed E-state index contributed by atoms with van der Waals surface area (Å²) in [5.74, 6) is 0. The smallest absolute Gasteiger partial charge is 0.149 e. The first kappa shape index (κ1) is 6.89. The molecule has 1 aliphatic rings. The Hall–Kier alpha value is -0.220. The van der Waals surface area contributed by atoms with Gasteiger partial charge in [-0.25, -0.2) is 0 Å². The number of rotatable bonds is 1. The minimum absolute atomic E-state index is 0.515. The molecule has 0 aromatic carbocycles. The fraction of sp³-hybridized carbons (Fsp3) is 0.400. The summed E-state index contributed by atoms with van der Waals surface area (Å²) < 4.78 is 0.515. The Kier molecular flexibility index (Phi) is 2.36. The van der Waals surface area contributed by atoms with Gasteiger partial charge in [0.05, 0.1) is 0 Å². The molecule has 4 heteroatoms. The van der Waals surface area contributed by atoms with E-state index in [2.05, 4.69) is 24.1 Å². The molecule has 1 aliphatic heterocycles. The molecular weight excluding hydrogens is 152 g/mol. The van der Waals surface area contributed by atoms with Crippen molar-refractivity contribution in [3.63, 3.8) is 0 Å². The Morgan fingerprint density at radius 3 is 3.00 bits per heavy atom. The molecule has 0 fully saturated rings. The van der Waals surface area contributed by atoms with Crippen molar-refractivity contribution in [2.75, 3.05) is 6.54 Å². The summed E-state index contributed by atoms with van der Waals surface area (Å²) in [4.78, 5) is 0. The number of thiol groups is 1. The van der Waals surface area contributed by atoms with Crippen LogP contribution in [0.5, 0.6) is 0 Å². The van der Waals surface area contributed by atoms with Crippen LogP contribution in [-0.4, -0.2) is 15.9 Å². The molecule has 9 heavy (non-hydrogen) atoms. The summed E-state index contributed by atoms with van der Waals surface area (Å²) in [6.07, 6.45) is 5.13. The lowest BCUT2D eigenvalue weighted by Crippen LogP contribution is -2.33. The Morgan fingerprint density at radius 1 is 1.78 bits per heavy atom. The molecule has 0 aromatic heterocycles. The molecule has 2 nitrogen and oxygen atoms in total. The van der Waals surface area contributed by atoms with Crippen molar-refractivity contribution >= 4 is 29.2 Å². The maximum atomic E-state index is 4.71. The van der Waals surface area contributed by atoms with Crippen LogP contribution in [0.2, 0.25) is 0 Å². The molecule has 1 N–H and O–H groups in total. The van der Waals surface area contributed by atoms with Crippen molar-refractivity contribution in [1.29, 1.82) is 0 Å². The Morgan fingerprint density at radius 2 is 2.56 bits per heavy atom. The first-order valence-electron chi connectivity index (χ1n) is 2.72. The molecule has 0 bridgehead atoms. The van der Waals surface area contributed by atoms with Crippen molar-refractivity contribution in [3.05, 3.63) is 12.3 Å². The predicted molar refractivity (Wildman–Crippen MR) is 45.2 cm³/mol. The van der Waals surface area contributed by atoms with Gasteiger partial charge >= 0.3 is 0 Å². The van der Waals surface area contributed by atoms with Gasteiger partial charge in [0.1, 0.15) is 4.32 Å². The fourth-order valence-electron chi connectivity index (χ4n) is 0.706. The summed E-state index contributed by atoms with van der Waals surface area (Å²) in [6.45, 7) is 0.987. The second-order valence-electron chi connectivity index (χ2n) is 1.78. The molecule has 0 spiro atoms. The predicted octanol–water partition coefficient (Wildman–Crippen LogP) is 0.925. The number of nitrogens with one attached hydrogen (secondary N) is 1. The topological polar surface area (TPSA) is 15.3 Å². The zero-order chi connectivity index (χ0) is 6.69. The van der Waals surface area contributed by atoms with Gasteiger partial charge in [-0.05, 0) is 6.42 Å². The number of nitrogens with zero attached hydrogens (tertiary/aromatic N) is 1. The van der Waals surface area contributed by atoms with Gasteiger partial charge in [-0.1, -0.05) is 18.3 Å². The summed E-state index contributed by atoms with van der Waals surface area (Å²) in [6, 6.07) is 0. The molecular formula is C5H8N2S2. The van der Waals surface area contributed by atoms with E-state index in [0.717, 1.165) is 13.0 Å². The molecule has 0 radical (unpaired) electrons. The lowest BCUT2D eigenvalue weighted by Gasteiger charge is -2.15. The molecule has 0 saturated heterocycles. The van der Waals surface area contributed by atoms with Crippen LogP contribution in [0, 0.1) is 0 Å². The number of hydrogen-bond acceptors (Lipinski definition) is 2. The van der Waals surface area contributed by atoms with E-state index in [9.17, 15) is 0 Å². The average molecular weight is 160 g/mol. The average Bonchev–Trinajstić information content (AvgIpc) is 2.15. The fourth-order valence-corrected chi connectivity index (χ4v) is 0.952. The monoisotopic (exact) mass is 160 g/mol. The Bertz CT molecular complexity index is 144. The van der Waals surface area contributed by atoms with Crippen molar-refractivity contribution in [2.45, 2.75) is 6.42 Å². The number of thiocarbonyl (C=S) groups is 1. The number of hydrazine groups is 1. The molecule has 1 rings (SSSR count). The molecule has 0 aromatic rings. The van der Waals surface area contributed by atoms with Crippen LogP contribution in [0.3, 0.4) is 0 Å². The molecule has 0 aliphatic carbocycles. The highest BCUT2D eigenvalue weighted by Gasteiger charge is 2.01. The van der Waals surface area contributed by atoms with E-state index in [0.29, 0.717) is 4.32 Å². The van der Waals surface area contributed by atoms with Gasteiger partial charge in [0.15, 0.2) is 0 Å². The van der Waals surface area contributed by atoms with Crippen LogP contribution < -0.4 is 5.43 Å². The van der Waals surface area contributed by atoms with E-state index in [1.807, 2.05) is 11.2 Å². The van der Waals surface area contributed by atoms with Gasteiger partial charge < -0.3 is 0 Å². The van der Waals surface area contributed by atoms with Crippen molar-refractivity contribution in [3.8, 4) is 0 Å². The van der Waals surface area contributed by atoms with E-state index < -0.39 is 0 Å². The summed E-state index contributed by atoms with van der Waals surface area (Å²) in [5.41, 5.74) is 2.88. The first-order valence-corrected chi connectivity index (χ1v) is 3.57. The van der Waals surface area contributed by atoms with Crippen LogP contribution in [0.15, 0.2) is 12.3 Å². The van der Waals surface area contributed by atoms with E-state index in [1.165, 1.54) is 0 Å². The third kappa shape index (κ3) is 2.24. The van der Waals surface area contributed by atoms with E-state index in [4.69, 9.17) is 12.2 Å². The second kappa shape index (κ2) is 3.08. The standard InChI is InChI=1S/C5H8N2S2/c8-5(9)6-7-3-1-2-4-7/h1,3H,2,4H2,(H2,6,8,9). The first-order chi connectivity index (χ1) is 4.29. The minimum Gasteiger partial charge on any atom is -0.294 e. The molecule has 1 heterocycles. The highest BCUT2D eigenvalue weighted by Crippen LogP contribution is 1.99. The van der Waals surface area contributed by atoms with Gasteiger partial charge in [0.2, 0.25) is 0 Å². The van der Waals surface area contributed by atoms with E-state index in [-0.39, 0.29) is 0 Å². The Balaban J connectivity index is 2.28. The lowest BCUT2D eigenvalue weighted by molar-refractivity contribution is 0.368. The SMILES string of the molecule is S=C(S)NN1C=CCC1. The summed E-state index contributed by atoms with van der Waals surface area (Å²) >= 11 is 8.63. The van der Waals surface area contributed by atoms with Crippen molar-refractivity contribution < 1.29 is 0 Å². The van der Waals surface area contributed by atoms with Crippen LogP contribution >= 0.6 is 24.8 Å². The third-order valence-corrected chi connectivity index (χ3v) is 1.25. The summed E-state index contributed by atoms with van der Waals surface area (Å²) in [7, 11) is 0. The lowest BCUT2D eigenvalue weighted by atomic mass is 10.5. The van der Waals surface area contributed by atoms with Crippen molar-refractivity contribution in [2.24, 2.45) is 0 Å². The molecule has 50 valence electrons.